The van der Waals surface area contributed by atoms with Crippen LogP contribution in [0.2, 0.25) is 0 Å². The topological polar surface area (TPSA) is 74.5 Å². The van der Waals surface area contributed by atoms with Gasteiger partial charge in [0.05, 0.1) is 6.26 Å². The molecule has 0 bridgehead atoms. The van der Waals surface area contributed by atoms with Gasteiger partial charge in [-0.2, -0.15) is 0 Å². The smallest absolute Gasteiger partial charge is 0.315 e. The molecule has 1 aromatic carbocycles. The highest BCUT2D eigenvalue weighted by Crippen LogP contribution is 2.18. The zero-order chi connectivity index (χ0) is 16.8. The van der Waals surface area contributed by atoms with Gasteiger partial charge < -0.3 is 20.2 Å². The number of carbonyl (C=O) groups is 1. The van der Waals surface area contributed by atoms with E-state index in [4.69, 9.17) is 4.42 Å². The molecule has 0 spiro atoms. The van der Waals surface area contributed by atoms with Crippen molar-refractivity contribution in [3.05, 3.63) is 59.6 Å². The van der Waals surface area contributed by atoms with Gasteiger partial charge in [-0.1, -0.05) is 0 Å². The first-order valence-corrected chi connectivity index (χ1v) is 7.15. The summed E-state index contributed by atoms with van der Waals surface area (Å²) in [5.74, 6) is -0.743. The first kappa shape index (κ1) is 17.0. The van der Waals surface area contributed by atoms with Crippen molar-refractivity contribution in [3.63, 3.8) is 0 Å². The molecule has 3 N–H and O–H groups in total. The quantitative estimate of drug-likeness (QED) is 0.765. The number of furan rings is 1. The maximum Gasteiger partial charge on any atom is 0.315 e. The molecule has 2 unspecified atom stereocenters. The van der Waals surface area contributed by atoms with E-state index in [1.54, 1.807) is 19.1 Å². The van der Waals surface area contributed by atoms with Gasteiger partial charge >= 0.3 is 6.03 Å². The van der Waals surface area contributed by atoms with Gasteiger partial charge in [-0.25, -0.2) is 13.6 Å². The first-order valence-electron chi connectivity index (χ1n) is 7.15. The van der Waals surface area contributed by atoms with E-state index in [1.807, 2.05) is 0 Å². The van der Waals surface area contributed by atoms with Gasteiger partial charge in [0.15, 0.2) is 0 Å². The molecule has 2 rings (SSSR count). The van der Waals surface area contributed by atoms with Crippen LogP contribution in [0.15, 0.2) is 41.0 Å². The number of aliphatic hydroxyl groups excluding tert-OH is 1. The first-order chi connectivity index (χ1) is 11.0. The lowest BCUT2D eigenvalue weighted by Crippen LogP contribution is -2.41. The van der Waals surface area contributed by atoms with Gasteiger partial charge in [0, 0.05) is 24.6 Å². The van der Waals surface area contributed by atoms with E-state index < -0.39 is 23.8 Å². The second-order valence-corrected chi connectivity index (χ2v) is 5.23. The molecule has 0 fully saturated rings. The monoisotopic (exact) mass is 324 g/mol. The van der Waals surface area contributed by atoms with Crippen LogP contribution < -0.4 is 10.6 Å². The predicted octanol–water partition coefficient (Wildman–Crippen LogP) is 2.87. The molecule has 2 aromatic rings. The minimum atomic E-state index is -0.832. The van der Waals surface area contributed by atoms with E-state index in [0.717, 1.165) is 18.2 Å². The minimum Gasteiger partial charge on any atom is -0.467 e. The maximum absolute atomic E-state index is 13.4. The number of halogens is 2. The van der Waals surface area contributed by atoms with Crippen LogP contribution in [0, 0.1) is 11.6 Å². The predicted molar refractivity (Wildman–Crippen MR) is 79.5 cm³/mol. The normalized spacial score (nSPS) is 13.4. The second-order valence-electron chi connectivity index (χ2n) is 5.23. The summed E-state index contributed by atoms with van der Waals surface area (Å²) in [7, 11) is 0. The van der Waals surface area contributed by atoms with Crippen LogP contribution in [0.4, 0.5) is 13.6 Å². The molecule has 0 aliphatic rings. The molecular formula is C16H18F2N2O3. The lowest BCUT2D eigenvalue weighted by molar-refractivity contribution is 0.129. The highest BCUT2D eigenvalue weighted by atomic mass is 19.1. The third-order valence-electron chi connectivity index (χ3n) is 3.27. The Kier molecular flexibility index (Phi) is 5.70. The van der Waals surface area contributed by atoms with E-state index in [1.165, 1.54) is 6.26 Å². The SMILES string of the molecule is CC(CC(O)c1ccco1)NC(=O)NCc1cc(F)ccc1F. The average Bonchev–Trinajstić information content (AvgIpc) is 3.02. The molecule has 0 aliphatic carbocycles. The summed E-state index contributed by atoms with van der Waals surface area (Å²) in [5, 5.41) is 15.0. The molecule has 2 amide bonds. The zero-order valence-corrected chi connectivity index (χ0v) is 12.6. The molecule has 124 valence electrons. The third kappa shape index (κ3) is 5.07. The van der Waals surface area contributed by atoms with Crippen LogP contribution in [0.1, 0.15) is 30.8 Å². The van der Waals surface area contributed by atoms with Crippen LogP contribution in [0.25, 0.3) is 0 Å². The van der Waals surface area contributed by atoms with Crippen molar-refractivity contribution in [2.45, 2.75) is 32.0 Å². The number of carbonyl (C=O) groups excluding carboxylic acids is 1. The van der Waals surface area contributed by atoms with Gasteiger partial charge in [-0.05, 0) is 37.3 Å². The van der Waals surface area contributed by atoms with Crippen LogP contribution in [-0.4, -0.2) is 17.2 Å². The van der Waals surface area contributed by atoms with Crippen molar-refractivity contribution >= 4 is 6.03 Å². The van der Waals surface area contributed by atoms with E-state index in [9.17, 15) is 18.7 Å². The molecular weight excluding hydrogens is 306 g/mol. The average molecular weight is 324 g/mol. The molecule has 23 heavy (non-hydrogen) atoms. The lowest BCUT2D eigenvalue weighted by atomic mass is 10.1. The molecule has 0 saturated carbocycles. The highest BCUT2D eigenvalue weighted by Gasteiger charge is 2.16. The van der Waals surface area contributed by atoms with Crippen LogP contribution >= 0.6 is 0 Å². The van der Waals surface area contributed by atoms with Gasteiger partial charge in [0.25, 0.3) is 0 Å². The fourth-order valence-electron chi connectivity index (χ4n) is 2.12. The van der Waals surface area contributed by atoms with Crippen molar-refractivity contribution in [2.75, 3.05) is 0 Å². The molecule has 5 nitrogen and oxygen atoms in total. The molecule has 7 heteroatoms. The molecule has 0 radical (unpaired) electrons. The fraction of sp³-hybridized carbons (Fsp3) is 0.312. The van der Waals surface area contributed by atoms with Crippen molar-refractivity contribution in [1.82, 2.24) is 10.6 Å². The molecule has 2 atom stereocenters. The summed E-state index contributed by atoms with van der Waals surface area (Å²) in [4.78, 5) is 11.7. The Balaban J connectivity index is 1.79. The minimum absolute atomic E-state index is 0.0587. The summed E-state index contributed by atoms with van der Waals surface area (Å²) in [6.45, 7) is 1.58. The molecule has 0 aliphatic heterocycles. The Bertz CT molecular complexity index is 647. The van der Waals surface area contributed by atoms with Gasteiger partial charge in [-0.3, -0.25) is 0 Å². The van der Waals surface area contributed by atoms with Crippen molar-refractivity contribution < 1.29 is 23.1 Å². The number of rotatable bonds is 6. The Labute approximate surface area is 132 Å². The molecule has 1 heterocycles. The van der Waals surface area contributed by atoms with E-state index in [2.05, 4.69) is 10.6 Å². The fourth-order valence-corrected chi connectivity index (χ4v) is 2.12. The zero-order valence-electron chi connectivity index (χ0n) is 12.6. The summed E-state index contributed by atoms with van der Waals surface area (Å²) in [6.07, 6.45) is 0.882. The number of hydrogen-bond acceptors (Lipinski definition) is 3. The van der Waals surface area contributed by atoms with E-state index in [0.29, 0.717) is 5.76 Å². The van der Waals surface area contributed by atoms with Gasteiger partial charge in [0.2, 0.25) is 0 Å². The van der Waals surface area contributed by atoms with E-state index in [-0.39, 0.29) is 24.6 Å². The van der Waals surface area contributed by atoms with Crippen molar-refractivity contribution in [2.24, 2.45) is 0 Å². The van der Waals surface area contributed by atoms with Gasteiger partial charge in [-0.15, -0.1) is 0 Å². The maximum atomic E-state index is 13.4. The summed E-state index contributed by atoms with van der Waals surface area (Å²) in [6, 6.07) is 5.48. The molecule has 1 aromatic heterocycles. The second kappa shape index (κ2) is 7.73. The number of aliphatic hydroxyl groups is 1. The van der Waals surface area contributed by atoms with Crippen LogP contribution in [0.3, 0.4) is 0 Å². The third-order valence-corrected chi connectivity index (χ3v) is 3.27. The summed E-state index contributed by atoms with van der Waals surface area (Å²) >= 11 is 0. The summed E-state index contributed by atoms with van der Waals surface area (Å²) < 4.78 is 31.5. The largest absolute Gasteiger partial charge is 0.467 e. The lowest BCUT2D eigenvalue weighted by Gasteiger charge is -2.17. The van der Waals surface area contributed by atoms with E-state index >= 15 is 0 Å². The Morgan fingerprint density at radius 3 is 2.83 bits per heavy atom. The highest BCUT2D eigenvalue weighted by molar-refractivity contribution is 5.74. The Morgan fingerprint density at radius 2 is 2.13 bits per heavy atom. The van der Waals surface area contributed by atoms with Crippen LogP contribution in [0.5, 0.6) is 0 Å². The number of nitrogens with one attached hydrogen (secondary N) is 2. The Hall–Kier alpha value is -2.41. The summed E-state index contributed by atoms with van der Waals surface area (Å²) in [5.41, 5.74) is 0.0587. The number of urea groups is 1. The van der Waals surface area contributed by atoms with Crippen molar-refractivity contribution in [3.8, 4) is 0 Å². The Morgan fingerprint density at radius 1 is 1.35 bits per heavy atom. The number of amides is 2. The number of hydrogen-bond donors (Lipinski definition) is 3. The molecule has 0 saturated heterocycles. The number of benzene rings is 1. The standard InChI is InChI=1S/C16H18F2N2O3/c1-10(7-14(21)15-3-2-6-23-15)20-16(22)19-9-11-8-12(17)4-5-13(11)18/h2-6,8,10,14,21H,7,9H2,1H3,(H2,19,20,22). The van der Waals surface area contributed by atoms with Crippen molar-refractivity contribution in [1.29, 1.82) is 0 Å². The van der Waals surface area contributed by atoms with Crippen LogP contribution in [-0.2, 0) is 6.54 Å². The van der Waals surface area contributed by atoms with Gasteiger partial charge in [0.1, 0.15) is 23.5 Å².